The maximum absolute atomic E-state index is 6.28. The molecule has 26 heavy (non-hydrogen) atoms. The van der Waals surface area contributed by atoms with Crippen LogP contribution in [0.2, 0.25) is 5.15 Å². The van der Waals surface area contributed by atoms with Gasteiger partial charge >= 0.3 is 0 Å². The van der Waals surface area contributed by atoms with Crippen molar-refractivity contribution in [2.45, 2.75) is 6.73 Å². The fourth-order valence-electron chi connectivity index (χ4n) is 2.63. The number of nitrogens with zero attached hydrogens (tertiary/aromatic N) is 3. The SMILES string of the molecule is COc1ccc(-c2cc3c(Cl)ncnc3n2COCCS(C)(C)C)cc1. The average Bonchev–Trinajstić information content (AvgIpc) is 2.98. The third-order valence-corrected chi connectivity index (χ3v) is 5.78. The predicted octanol–water partition coefficient (Wildman–Crippen LogP) is 4.43. The molecule has 0 fully saturated rings. The van der Waals surface area contributed by atoms with Crippen molar-refractivity contribution in [3.8, 4) is 17.0 Å². The lowest BCUT2D eigenvalue weighted by atomic mass is 10.1. The van der Waals surface area contributed by atoms with Crippen molar-refractivity contribution < 1.29 is 9.47 Å². The van der Waals surface area contributed by atoms with Crippen LogP contribution in [0.15, 0.2) is 36.7 Å². The van der Waals surface area contributed by atoms with Gasteiger partial charge in [-0.3, -0.25) is 0 Å². The van der Waals surface area contributed by atoms with E-state index in [-0.39, 0.29) is 0 Å². The molecule has 0 aliphatic rings. The molecule has 0 spiro atoms. The highest BCUT2D eigenvalue weighted by atomic mass is 35.5. The highest BCUT2D eigenvalue weighted by Gasteiger charge is 2.15. The molecular weight excluding hydrogens is 370 g/mol. The number of hydrogen-bond donors (Lipinski definition) is 0. The van der Waals surface area contributed by atoms with Gasteiger partial charge in [-0.25, -0.2) is 20.0 Å². The molecule has 5 nitrogen and oxygen atoms in total. The number of aromatic nitrogens is 3. The van der Waals surface area contributed by atoms with Crippen LogP contribution in [0, 0.1) is 0 Å². The molecule has 0 aliphatic heterocycles. The van der Waals surface area contributed by atoms with Gasteiger partial charge in [-0.05, 0) is 54.7 Å². The summed E-state index contributed by atoms with van der Waals surface area (Å²) in [5.74, 6) is 1.89. The smallest absolute Gasteiger partial charge is 0.147 e. The summed E-state index contributed by atoms with van der Waals surface area (Å²) >= 11 is 6.28. The van der Waals surface area contributed by atoms with Crippen LogP contribution < -0.4 is 4.74 Å². The Balaban J connectivity index is 1.94. The zero-order valence-electron chi connectivity index (χ0n) is 15.5. The van der Waals surface area contributed by atoms with Crippen LogP contribution in [-0.4, -0.2) is 52.8 Å². The van der Waals surface area contributed by atoms with Crippen LogP contribution in [0.1, 0.15) is 0 Å². The quantitative estimate of drug-likeness (QED) is 0.440. The van der Waals surface area contributed by atoms with E-state index >= 15 is 0 Å². The molecule has 3 aromatic rings. The topological polar surface area (TPSA) is 49.2 Å². The van der Waals surface area contributed by atoms with Gasteiger partial charge < -0.3 is 14.0 Å². The summed E-state index contributed by atoms with van der Waals surface area (Å²) in [5.41, 5.74) is 2.82. The van der Waals surface area contributed by atoms with E-state index in [1.54, 1.807) is 7.11 Å². The molecular formula is C19H24ClN3O2S. The summed E-state index contributed by atoms with van der Waals surface area (Å²) in [4.78, 5) is 8.51. The van der Waals surface area contributed by atoms with E-state index < -0.39 is 10.0 Å². The molecule has 0 saturated carbocycles. The Kier molecular flexibility index (Phi) is 5.75. The standard InChI is InChI=1S/C19H24ClN3O2S/c1-24-15-7-5-14(6-8-15)17-11-16-18(20)21-12-22-19(16)23(17)13-25-9-10-26(2,3)4/h5-8,11-12H,9-10,13H2,1-4H3. The van der Waals surface area contributed by atoms with E-state index in [1.807, 2.05) is 34.9 Å². The summed E-state index contributed by atoms with van der Waals surface area (Å²) in [6.45, 7) is 1.15. The van der Waals surface area contributed by atoms with Gasteiger partial charge in [-0.1, -0.05) is 11.6 Å². The molecule has 1 aromatic carbocycles. The van der Waals surface area contributed by atoms with Gasteiger partial charge in [-0.2, -0.15) is 0 Å². The zero-order chi connectivity index (χ0) is 18.7. The van der Waals surface area contributed by atoms with Gasteiger partial charge in [0.15, 0.2) is 0 Å². The summed E-state index contributed by atoms with van der Waals surface area (Å²) in [5, 5.41) is 1.27. The number of halogens is 1. The van der Waals surface area contributed by atoms with Crippen molar-refractivity contribution in [1.82, 2.24) is 14.5 Å². The van der Waals surface area contributed by atoms with Crippen molar-refractivity contribution >= 4 is 32.7 Å². The molecule has 7 heteroatoms. The molecule has 0 bridgehead atoms. The Morgan fingerprint density at radius 2 is 1.85 bits per heavy atom. The van der Waals surface area contributed by atoms with Crippen LogP contribution >= 0.6 is 21.6 Å². The molecule has 0 radical (unpaired) electrons. The first-order valence-corrected chi connectivity index (χ1v) is 11.7. The fourth-order valence-corrected chi connectivity index (χ4v) is 3.43. The largest absolute Gasteiger partial charge is 0.497 e. The number of benzene rings is 1. The van der Waals surface area contributed by atoms with Gasteiger partial charge in [0.2, 0.25) is 0 Å². The van der Waals surface area contributed by atoms with E-state index in [2.05, 4.69) is 28.7 Å². The first-order valence-electron chi connectivity index (χ1n) is 8.27. The second-order valence-corrected chi connectivity index (χ2v) is 11.9. The molecule has 2 aromatic heterocycles. The number of fused-ring (bicyclic) bond motifs is 1. The van der Waals surface area contributed by atoms with E-state index in [4.69, 9.17) is 21.1 Å². The molecule has 0 unspecified atom stereocenters. The van der Waals surface area contributed by atoms with E-state index in [1.165, 1.54) is 6.33 Å². The maximum Gasteiger partial charge on any atom is 0.147 e. The van der Waals surface area contributed by atoms with Crippen LogP contribution in [0.25, 0.3) is 22.3 Å². The molecule has 0 aliphatic carbocycles. The summed E-state index contributed by atoms with van der Waals surface area (Å²) in [6, 6.07) is 9.93. The number of methoxy groups -OCH3 is 1. The minimum absolute atomic E-state index is 0.424. The minimum Gasteiger partial charge on any atom is -0.497 e. The minimum atomic E-state index is -0.579. The molecule has 2 heterocycles. The first kappa shape index (κ1) is 19.0. The lowest BCUT2D eigenvalue weighted by molar-refractivity contribution is 0.0934. The number of hydrogen-bond acceptors (Lipinski definition) is 4. The Labute approximate surface area is 160 Å². The number of rotatable bonds is 7. The van der Waals surface area contributed by atoms with Crippen molar-refractivity contribution in [2.75, 3.05) is 38.2 Å². The van der Waals surface area contributed by atoms with Crippen molar-refractivity contribution in [1.29, 1.82) is 0 Å². The molecule has 0 saturated heterocycles. The Hall–Kier alpha value is -1.76. The molecule has 3 rings (SSSR count). The number of ether oxygens (including phenoxy) is 2. The Bertz CT molecular complexity index is 888. The average molecular weight is 394 g/mol. The Morgan fingerprint density at radius 3 is 2.50 bits per heavy atom. The van der Waals surface area contributed by atoms with Gasteiger partial charge in [-0.15, -0.1) is 0 Å². The summed E-state index contributed by atoms with van der Waals surface area (Å²) < 4.78 is 13.3. The third kappa shape index (κ3) is 4.31. The Morgan fingerprint density at radius 1 is 1.12 bits per heavy atom. The fraction of sp³-hybridized carbons (Fsp3) is 0.368. The zero-order valence-corrected chi connectivity index (χ0v) is 17.1. The second-order valence-electron chi connectivity index (χ2n) is 6.92. The highest BCUT2D eigenvalue weighted by Crippen LogP contribution is 2.34. The normalized spacial score (nSPS) is 12.5. The van der Waals surface area contributed by atoms with Crippen LogP contribution in [0.5, 0.6) is 5.75 Å². The van der Waals surface area contributed by atoms with Crippen LogP contribution in [0.4, 0.5) is 0 Å². The maximum atomic E-state index is 6.28. The summed E-state index contributed by atoms with van der Waals surface area (Å²) in [6.07, 6.45) is 8.35. The molecule has 0 atom stereocenters. The lowest BCUT2D eigenvalue weighted by Crippen LogP contribution is -2.11. The van der Waals surface area contributed by atoms with Gasteiger partial charge in [0.05, 0.1) is 24.8 Å². The third-order valence-electron chi connectivity index (χ3n) is 4.09. The molecule has 0 amide bonds. The predicted molar refractivity (Wildman–Crippen MR) is 111 cm³/mol. The molecule has 0 N–H and O–H groups in total. The van der Waals surface area contributed by atoms with Gasteiger partial charge in [0.25, 0.3) is 0 Å². The van der Waals surface area contributed by atoms with E-state index in [0.29, 0.717) is 11.9 Å². The van der Waals surface area contributed by atoms with E-state index in [9.17, 15) is 0 Å². The van der Waals surface area contributed by atoms with Crippen molar-refractivity contribution in [3.63, 3.8) is 0 Å². The van der Waals surface area contributed by atoms with Crippen molar-refractivity contribution in [2.24, 2.45) is 0 Å². The second kappa shape index (κ2) is 7.86. The van der Waals surface area contributed by atoms with Gasteiger partial charge in [0.1, 0.15) is 29.6 Å². The first-order chi connectivity index (χ1) is 12.4. The van der Waals surface area contributed by atoms with E-state index in [0.717, 1.165) is 40.4 Å². The van der Waals surface area contributed by atoms with Crippen LogP contribution in [0.3, 0.4) is 0 Å². The monoisotopic (exact) mass is 393 g/mol. The van der Waals surface area contributed by atoms with Crippen LogP contribution in [-0.2, 0) is 11.5 Å². The lowest BCUT2D eigenvalue weighted by Gasteiger charge is -2.24. The molecule has 140 valence electrons. The summed E-state index contributed by atoms with van der Waals surface area (Å²) in [7, 11) is 1.08. The van der Waals surface area contributed by atoms with Gasteiger partial charge in [0, 0.05) is 5.75 Å². The van der Waals surface area contributed by atoms with Crippen molar-refractivity contribution in [3.05, 3.63) is 41.8 Å². The highest BCUT2D eigenvalue weighted by molar-refractivity contribution is 8.32.